The highest BCUT2D eigenvalue weighted by molar-refractivity contribution is 7.71. The molecule has 2 unspecified atom stereocenters. The summed E-state index contributed by atoms with van der Waals surface area (Å²) in [6.45, 7) is 6.89. The predicted molar refractivity (Wildman–Crippen MR) is 85.7 cm³/mol. The summed E-state index contributed by atoms with van der Waals surface area (Å²) in [4.78, 5) is 4.28. The number of nitrogens with zero attached hydrogens (tertiary/aromatic N) is 3. The Morgan fingerprint density at radius 2 is 2.45 bits per heavy atom. The number of imidazole rings is 1. The summed E-state index contributed by atoms with van der Waals surface area (Å²) in [5.74, 6) is 3.35. The molecule has 3 rings (SSSR count). The molecule has 0 aromatic carbocycles. The molecule has 2 aliphatic rings. The molecule has 3 heterocycles. The first-order valence-electron chi connectivity index (χ1n) is 7.82. The van der Waals surface area contributed by atoms with Crippen LogP contribution in [0.4, 0.5) is 0 Å². The van der Waals surface area contributed by atoms with Crippen molar-refractivity contribution >= 4 is 13.9 Å². The maximum atomic E-state index is 4.28. The molecule has 2 atom stereocenters. The van der Waals surface area contributed by atoms with Gasteiger partial charge in [0.15, 0.2) is 11.7 Å². The molecule has 0 N–H and O–H groups in total. The molecule has 0 bridgehead atoms. The van der Waals surface area contributed by atoms with Gasteiger partial charge >= 0.3 is 0 Å². The molecule has 0 radical (unpaired) electrons. The van der Waals surface area contributed by atoms with E-state index in [0.29, 0.717) is 0 Å². The lowest BCUT2D eigenvalue weighted by Crippen LogP contribution is -2.26. The smallest absolute Gasteiger partial charge is 0.180 e. The topological polar surface area (TPSA) is 20.8 Å². The first-order chi connectivity index (χ1) is 9.81. The molecule has 0 spiro atoms. The number of allylic oxidation sites excluding steroid dienone is 2. The Morgan fingerprint density at radius 1 is 1.55 bits per heavy atom. The van der Waals surface area contributed by atoms with Crippen LogP contribution in [0.25, 0.3) is 0 Å². The van der Waals surface area contributed by atoms with E-state index in [1.807, 2.05) is 12.5 Å². The number of hydrogen-bond donors (Lipinski definition) is 0. The molecular formula is C16H25N3P+. The number of rotatable bonds is 2. The normalized spacial score (nSPS) is 30.7. The van der Waals surface area contributed by atoms with Gasteiger partial charge in [0, 0.05) is 36.9 Å². The Morgan fingerprint density at radius 3 is 3.25 bits per heavy atom. The highest BCUT2D eigenvalue weighted by Gasteiger charge is 2.29. The molecule has 20 heavy (non-hydrogen) atoms. The summed E-state index contributed by atoms with van der Waals surface area (Å²) in [6, 6.07) is 0. The fourth-order valence-electron chi connectivity index (χ4n) is 3.46. The van der Waals surface area contributed by atoms with Gasteiger partial charge < -0.3 is 4.57 Å². The maximum Gasteiger partial charge on any atom is 0.180 e. The summed E-state index contributed by atoms with van der Waals surface area (Å²) in [5, 5.41) is 0. The summed E-state index contributed by atoms with van der Waals surface area (Å²) < 4.78 is 4.89. The minimum Gasteiger partial charge on any atom is -0.334 e. The zero-order valence-electron chi connectivity index (χ0n) is 12.6. The summed E-state index contributed by atoms with van der Waals surface area (Å²) in [5.41, 5.74) is 2.99. The fourth-order valence-corrected chi connectivity index (χ4v) is 5.61. The lowest BCUT2D eigenvalue weighted by atomic mass is 9.92. The van der Waals surface area contributed by atoms with Crippen molar-refractivity contribution in [2.24, 2.45) is 5.92 Å². The molecule has 1 saturated heterocycles. The second-order valence-corrected chi connectivity index (χ2v) is 7.99. The van der Waals surface area contributed by atoms with E-state index in [9.17, 15) is 0 Å². The third-order valence-electron chi connectivity index (χ3n) is 4.58. The number of piperidine rings is 1. The van der Waals surface area contributed by atoms with Gasteiger partial charge in [-0.2, -0.15) is 0 Å². The SMILES string of the molecule is C/C=C1/C(CC)CCC[N+]1=CP1CCn2cncc2C1. The first-order valence-corrected chi connectivity index (χ1v) is 9.60. The standard InChI is InChI=1S/C16H25N3P/c1-3-14-6-5-7-19(16(14)4-2)13-20-9-8-18-12-17-10-15(18)11-20/h4,10,12-14H,3,5-9,11H2,1-2H3/q+1/b16-4-,19-13?. The van der Waals surface area contributed by atoms with Crippen molar-refractivity contribution in [2.45, 2.75) is 45.8 Å². The third kappa shape index (κ3) is 2.74. The van der Waals surface area contributed by atoms with Crippen molar-refractivity contribution in [3.63, 3.8) is 0 Å². The van der Waals surface area contributed by atoms with Crippen LogP contribution in [0.3, 0.4) is 0 Å². The molecule has 1 aromatic rings. The van der Waals surface area contributed by atoms with Gasteiger partial charge in [-0.25, -0.2) is 9.56 Å². The Kier molecular flexibility index (Phi) is 4.35. The highest BCUT2D eigenvalue weighted by atomic mass is 31.1. The molecule has 1 aromatic heterocycles. The quantitative estimate of drug-likeness (QED) is 0.601. The summed E-state index contributed by atoms with van der Waals surface area (Å²) in [7, 11) is -0.0126. The van der Waals surface area contributed by atoms with Crippen LogP contribution in [0.1, 0.15) is 38.8 Å². The molecule has 3 nitrogen and oxygen atoms in total. The predicted octanol–water partition coefficient (Wildman–Crippen LogP) is 3.64. The van der Waals surface area contributed by atoms with E-state index < -0.39 is 0 Å². The molecule has 1 fully saturated rings. The van der Waals surface area contributed by atoms with Crippen molar-refractivity contribution in [3.05, 3.63) is 30.0 Å². The van der Waals surface area contributed by atoms with Crippen LogP contribution in [0.2, 0.25) is 0 Å². The van der Waals surface area contributed by atoms with Crippen molar-refractivity contribution in [2.75, 3.05) is 12.7 Å². The molecule has 0 saturated carbocycles. The van der Waals surface area contributed by atoms with Crippen molar-refractivity contribution in [1.82, 2.24) is 9.55 Å². The molecule has 0 aliphatic carbocycles. The van der Waals surface area contributed by atoms with E-state index in [1.165, 1.54) is 43.8 Å². The van der Waals surface area contributed by atoms with Gasteiger partial charge in [-0.1, -0.05) is 6.92 Å². The van der Waals surface area contributed by atoms with Gasteiger partial charge in [0.05, 0.1) is 6.33 Å². The van der Waals surface area contributed by atoms with Crippen LogP contribution >= 0.6 is 7.92 Å². The van der Waals surface area contributed by atoms with Crippen LogP contribution in [-0.2, 0) is 12.7 Å². The molecule has 4 heteroatoms. The van der Waals surface area contributed by atoms with E-state index >= 15 is 0 Å². The van der Waals surface area contributed by atoms with Crippen molar-refractivity contribution in [1.29, 1.82) is 0 Å². The average molecular weight is 290 g/mol. The van der Waals surface area contributed by atoms with Gasteiger partial charge in [0.1, 0.15) is 6.54 Å². The third-order valence-corrected chi connectivity index (χ3v) is 6.69. The lowest BCUT2D eigenvalue weighted by molar-refractivity contribution is -0.488. The van der Waals surface area contributed by atoms with Crippen LogP contribution < -0.4 is 0 Å². The van der Waals surface area contributed by atoms with E-state index in [1.54, 1.807) is 5.70 Å². The van der Waals surface area contributed by atoms with E-state index in [2.05, 4.69) is 40.0 Å². The Bertz CT molecular complexity index is 530. The summed E-state index contributed by atoms with van der Waals surface area (Å²) in [6.07, 6.45) is 12.9. The molecule has 108 valence electrons. The van der Waals surface area contributed by atoms with Crippen LogP contribution in [0, 0.1) is 5.92 Å². The van der Waals surface area contributed by atoms with Gasteiger partial charge in [0.2, 0.25) is 0 Å². The van der Waals surface area contributed by atoms with Crippen LogP contribution in [0.15, 0.2) is 24.3 Å². The Hall–Kier alpha value is -0.950. The second-order valence-electron chi connectivity index (χ2n) is 5.82. The monoisotopic (exact) mass is 290 g/mol. The second kappa shape index (κ2) is 6.22. The maximum absolute atomic E-state index is 4.28. The van der Waals surface area contributed by atoms with Crippen molar-refractivity contribution < 1.29 is 4.58 Å². The highest BCUT2D eigenvalue weighted by Crippen LogP contribution is 2.41. The van der Waals surface area contributed by atoms with Gasteiger partial charge in [-0.05, 0) is 39.9 Å². The summed E-state index contributed by atoms with van der Waals surface area (Å²) >= 11 is 0. The number of aryl methyl sites for hydroxylation is 1. The van der Waals surface area contributed by atoms with Gasteiger partial charge in [-0.3, -0.25) is 0 Å². The molecule has 2 aliphatic heterocycles. The largest absolute Gasteiger partial charge is 0.334 e. The number of hydrogen-bond acceptors (Lipinski definition) is 1. The lowest BCUT2D eigenvalue weighted by Gasteiger charge is -2.24. The minimum absolute atomic E-state index is 0.0126. The van der Waals surface area contributed by atoms with E-state index in [4.69, 9.17) is 0 Å². The van der Waals surface area contributed by atoms with Crippen LogP contribution in [0.5, 0.6) is 0 Å². The Balaban J connectivity index is 1.78. The van der Waals surface area contributed by atoms with Gasteiger partial charge in [0.25, 0.3) is 0 Å². The first kappa shape index (κ1) is 14.0. The minimum atomic E-state index is -0.0126. The van der Waals surface area contributed by atoms with Gasteiger partial charge in [-0.15, -0.1) is 0 Å². The van der Waals surface area contributed by atoms with E-state index in [0.717, 1.165) is 12.5 Å². The molecular weight excluding hydrogens is 265 g/mol. The van der Waals surface area contributed by atoms with E-state index in [-0.39, 0.29) is 7.92 Å². The number of aromatic nitrogens is 2. The zero-order chi connectivity index (χ0) is 13.9. The van der Waals surface area contributed by atoms with Crippen molar-refractivity contribution in [3.8, 4) is 0 Å². The van der Waals surface area contributed by atoms with Crippen LogP contribution in [-0.4, -0.2) is 32.8 Å². The average Bonchev–Trinajstić information content (AvgIpc) is 2.94. The fraction of sp³-hybridized carbons (Fsp3) is 0.625. The Labute approximate surface area is 123 Å². The molecule has 0 amide bonds. The number of fused-ring (bicyclic) bond motifs is 1. The zero-order valence-corrected chi connectivity index (χ0v) is 13.5.